The van der Waals surface area contributed by atoms with Crippen LogP contribution in [0.5, 0.6) is 0 Å². The van der Waals surface area contributed by atoms with Crippen LogP contribution >= 0.6 is 0 Å². The second kappa shape index (κ2) is 24.1. The number of aliphatic carboxylic acids is 1. The molecule has 0 aliphatic carbocycles. The zero-order valence-electron chi connectivity index (χ0n) is 17.3. The van der Waals surface area contributed by atoms with Crippen LogP contribution in [0.3, 0.4) is 0 Å². The van der Waals surface area contributed by atoms with E-state index in [1.807, 2.05) is 6.92 Å². The maximum atomic E-state index is 10.3. The maximum Gasteiger partial charge on any atom is 0.303 e. The SMILES string of the molecule is CCCC(O)O.CCCCCCCCC=CCCCCCCCC(=O)O. The van der Waals surface area contributed by atoms with Crippen molar-refractivity contribution in [3.63, 3.8) is 0 Å². The number of aliphatic hydroxyl groups excluding tert-OH is 1. The first-order chi connectivity index (χ1) is 12.5. The first-order valence-electron chi connectivity index (χ1n) is 10.8. The summed E-state index contributed by atoms with van der Waals surface area (Å²) in [5, 5.41) is 24.7. The molecule has 0 aromatic rings. The van der Waals surface area contributed by atoms with E-state index in [4.69, 9.17) is 15.3 Å². The Balaban J connectivity index is 0. The largest absolute Gasteiger partial charge is 0.481 e. The van der Waals surface area contributed by atoms with Gasteiger partial charge in [-0.15, -0.1) is 0 Å². The molecule has 3 N–H and O–H groups in total. The molecule has 0 radical (unpaired) electrons. The zero-order valence-corrected chi connectivity index (χ0v) is 17.3. The van der Waals surface area contributed by atoms with Gasteiger partial charge < -0.3 is 15.3 Å². The van der Waals surface area contributed by atoms with Gasteiger partial charge in [0.05, 0.1) is 0 Å². The molecule has 0 saturated carbocycles. The van der Waals surface area contributed by atoms with Gasteiger partial charge in [0.2, 0.25) is 0 Å². The van der Waals surface area contributed by atoms with Crippen LogP contribution in [-0.4, -0.2) is 27.6 Å². The molecule has 26 heavy (non-hydrogen) atoms. The van der Waals surface area contributed by atoms with Crippen LogP contribution in [0.25, 0.3) is 0 Å². The lowest BCUT2D eigenvalue weighted by molar-refractivity contribution is -0.137. The summed E-state index contributed by atoms with van der Waals surface area (Å²) in [6, 6.07) is 0. The normalized spacial score (nSPS) is 11.0. The standard InChI is InChI=1S/C18H34O2.C4H10O2/c1-2-3-4-5-6-7-8-9-10-11-12-13-14-15-16-17-18(19)20;1-2-3-4(5)6/h9-10H,2-8,11-17H2,1H3,(H,19,20);4-6H,2-3H2,1H3. The molecule has 0 aliphatic heterocycles. The molecule has 0 heterocycles. The minimum Gasteiger partial charge on any atom is -0.481 e. The van der Waals surface area contributed by atoms with Crippen LogP contribution < -0.4 is 0 Å². The molecular formula is C22H44O4. The molecule has 156 valence electrons. The molecule has 0 bridgehead atoms. The predicted octanol–water partition coefficient (Wildman–Crippen LogP) is 6.21. The number of carboxylic acid groups (broad SMARTS) is 1. The van der Waals surface area contributed by atoms with Crippen LogP contribution in [0.1, 0.15) is 117 Å². The highest BCUT2D eigenvalue weighted by molar-refractivity contribution is 5.66. The van der Waals surface area contributed by atoms with Crippen LogP contribution in [0.2, 0.25) is 0 Å². The van der Waals surface area contributed by atoms with Gasteiger partial charge in [0.15, 0.2) is 6.29 Å². The third kappa shape index (κ3) is 31.0. The Morgan fingerprint density at radius 2 is 1.19 bits per heavy atom. The zero-order chi connectivity index (χ0) is 19.9. The van der Waals surface area contributed by atoms with Crippen molar-refractivity contribution in [1.29, 1.82) is 0 Å². The summed E-state index contributed by atoms with van der Waals surface area (Å²) < 4.78 is 0. The van der Waals surface area contributed by atoms with Gasteiger partial charge in [-0.2, -0.15) is 0 Å². The third-order valence-electron chi connectivity index (χ3n) is 4.20. The highest BCUT2D eigenvalue weighted by Crippen LogP contribution is 2.09. The molecule has 0 aromatic heterocycles. The first-order valence-corrected chi connectivity index (χ1v) is 10.8. The van der Waals surface area contributed by atoms with Gasteiger partial charge in [-0.3, -0.25) is 4.79 Å². The lowest BCUT2D eigenvalue weighted by Crippen LogP contribution is -2.01. The number of carboxylic acids is 1. The van der Waals surface area contributed by atoms with Gasteiger partial charge in [-0.05, 0) is 38.5 Å². The second-order valence-electron chi connectivity index (χ2n) is 7.00. The van der Waals surface area contributed by atoms with Crippen molar-refractivity contribution in [2.45, 2.75) is 123 Å². The van der Waals surface area contributed by atoms with E-state index in [1.54, 1.807) is 0 Å². The fourth-order valence-corrected chi connectivity index (χ4v) is 2.61. The summed E-state index contributed by atoms with van der Waals surface area (Å²) in [5.74, 6) is -0.664. The number of allylic oxidation sites excluding steroid dienone is 2. The van der Waals surface area contributed by atoms with Crippen molar-refractivity contribution in [1.82, 2.24) is 0 Å². The summed E-state index contributed by atoms with van der Waals surface area (Å²) in [6.07, 6.45) is 21.5. The van der Waals surface area contributed by atoms with Gasteiger partial charge in [-0.1, -0.05) is 83.8 Å². The van der Waals surface area contributed by atoms with Gasteiger partial charge >= 0.3 is 5.97 Å². The van der Waals surface area contributed by atoms with Crippen molar-refractivity contribution < 1.29 is 20.1 Å². The third-order valence-corrected chi connectivity index (χ3v) is 4.20. The van der Waals surface area contributed by atoms with Crippen LogP contribution in [-0.2, 0) is 4.79 Å². The van der Waals surface area contributed by atoms with E-state index >= 15 is 0 Å². The molecule has 4 heteroatoms. The number of aliphatic hydroxyl groups is 2. The number of rotatable bonds is 17. The van der Waals surface area contributed by atoms with Gasteiger partial charge in [-0.25, -0.2) is 0 Å². The minimum atomic E-state index is -1.10. The average Bonchev–Trinajstić information content (AvgIpc) is 2.58. The Labute approximate surface area is 161 Å². The molecule has 0 amide bonds. The van der Waals surface area contributed by atoms with E-state index < -0.39 is 12.3 Å². The summed E-state index contributed by atoms with van der Waals surface area (Å²) in [5.41, 5.74) is 0. The van der Waals surface area contributed by atoms with E-state index in [0.29, 0.717) is 12.8 Å². The summed E-state index contributed by atoms with van der Waals surface area (Å²) >= 11 is 0. The number of hydrogen-bond acceptors (Lipinski definition) is 3. The monoisotopic (exact) mass is 372 g/mol. The first kappa shape index (κ1) is 27.3. The summed E-state index contributed by atoms with van der Waals surface area (Å²) in [7, 11) is 0. The fourth-order valence-electron chi connectivity index (χ4n) is 2.61. The summed E-state index contributed by atoms with van der Waals surface area (Å²) in [6.45, 7) is 4.16. The highest BCUT2D eigenvalue weighted by Gasteiger charge is 1.95. The molecule has 0 spiro atoms. The molecule has 0 unspecified atom stereocenters. The van der Waals surface area contributed by atoms with E-state index in [-0.39, 0.29) is 0 Å². The second-order valence-corrected chi connectivity index (χ2v) is 7.00. The van der Waals surface area contributed by atoms with Crippen molar-refractivity contribution in [2.24, 2.45) is 0 Å². The molecular weight excluding hydrogens is 328 g/mol. The highest BCUT2D eigenvalue weighted by atomic mass is 16.5. The molecule has 0 aliphatic rings. The topological polar surface area (TPSA) is 77.8 Å². The van der Waals surface area contributed by atoms with Crippen molar-refractivity contribution >= 4 is 5.97 Å². The van der Waals surface area contributed by atoms with Crippen LogP contribution in [0.4, 0.5) is 0 Å². The van der Waals surface area contributed by atoms with E-state index in [2.05, 4.69) is 19.1 Å². The lowest BCUT2D eigenvalue weighted by Gasteiger charge is -1.99. The van der Waals surface area contributed by atoms with E-state index in [0.717, 1.165) is 19.3 Å². The van der Waals surface area contributed by atoms with Crippen LogP contribution in [0, 0.1) is 0 Å². The molecule has 0 rings (SSSR count). The Morgan fingerprint density at radius 1 is 0.731 bits per heavy atom. The van der Waals surface area contributed by atoms with Crippen molar-refractivity contribution in [3.05, 3.63) is 12.2 Å². The average molecular weight is 373 g/mol. The minimum absolute atomic E-state index is 0.332. The fraction of sp³-hybridized carbons (Fsp3) is 0.864. The number of carbonyl (C=O) groups is 1. The summed E-state index contributed by atoms with van der Waals surface area (Å²) in [4.78, 5) is 10.3. The van der Waals surface area contributed by atoms with Gasteiger partial charge in [0.1, 0.15) is 0 Å². The Morgan fingerprint density at radius 3 is 1.58 bits per heavy atom. The maximum absolute atomic E-state index is 10.3. The molecule has 0 atom stereocenters. The quantitative estimate of drug-likeness (QED) is 0.161. The Hall–Kier alpha value is -0.870. The Bertz CT molecular complexity index is 301. The molecule has 0 aromatic carbocycles. The van der Waals surface area contributed by atoms with E-state index in [1.165, 1.54) is 70.6 Å². The predicted molar refractivity (Wildman–Crippen MR) is 110 cm³/mol. The van der Waals surface area contributed by atoms with Gasteiger partial charge in [0.25, 0.3) is 0 Å². The molecule has 4 nitrogen and oxygen atoms in total. The molecule has 0 saturated heterocycles. The van der Waals surface area contributed by atoms with Gasteiger partial charge in [0, 0.05) is 6.42 Å². The van der Waals surface area contributed by atoms with Crippen LogP contribution in [0.15, 0.2) is 12.2 Å². The van der Waals surface area contributed by atoms with Crippen molar-refractivity contribution in [2.75, 3.05) is 0 Å². The smallest absolute Gasteiger partial charge is 0.303 e. The molecule has 0 fully saturated rings. The number of hydrogen-bond donors (Lipinski definition) is 3. The lowest BCUT2D eigenvalue weighted by atomic mass is 10.1. The Kier molecular flexibility index (Phi) is 25.4. The van der Waals surface area contributed by atoms with E-state index in [9.17, 15) is 4.79 Å². The van der Waals surface area contributed by atoms with Crippen molar-refractivity contribution in [3.8, 4) is 0 Å². The number of unbranched alkanes of at least 4 members (excludes halogenated alkanes) is 11.